The number of hydrogen-bond donors (Lipinski definition) is 1. The van der Waals surface area contributed by atoms with Gasteiger partial charge in [-0.2, -0.15) is 0 Å². The van der Waals surface area contributed by atoms with Crippen molar-refractivity contribution in [1.82, 2.24) is 10.3 Å². The number of methoxy groups -OCH3 is 2. The summed E-state index contributed by atoms with van der Waals surface area (Å²) in [5.41, 5.74) is 2.66. The molecule has 1 saturated heterocycles. The predicted molar refractivity (Wildman–Crippen MR) is 134 cm³/mol. The Morgan fingerprint density at radius 3 is 2.49 bits per heavy atom. The first-order valence-corrected chi connectivity index (χ1v) is 11.9. The van der Waals surface area contributed by atoms with E-state index in [0.717, 1.165) is 29.3 Å². The van der Waals surface area contributed by atoms with Gasteiger partial charge in [-0.25, -0.2) is 4.98 Å². The smallest absolute Gasteiger partial charge is 0.287 e. The van der Waals surface area contributed by atoms with Gasteiger partial charge in [0.25, 0.3) is 5.24 Å². The van der Waals surface area contributed by atoms with E-state index < -0.39 is 6.04 Å². The summed E-state index contributed by atoms with van der Waals surface area (Å²) in [6, 6.07) is 13.2. The summed E-state index contributed by atoms with van der Waals surface area (Å²) in [6.45, 7) is 0.176. The quantitative estimate of drug-likeness (QED) is 0.392. The molecule has 0 aliphatic carbocycles. The molecular weight excluding hydrogens is 468 g/mol. The fraction of sp³-hybridized carbons (Fsp3) is 0.269. The lowest BCUT2D eigenvalue weighted by atomic mass is 10.0. The van der Waals surface area contributed by atoms with E-state index in [1.54, 1.807) is 26.6 Å². The second-order valence-corrected chi connectivity index (χ2v) is 8.81. The molecule has 3 aromatic rings. The Kier molecular flexibility index (Phi) is 8.10. The number of carbonyl (C=O) groups excluding carboxylic acids is 2. The third-order valence-corrected chi connectivity index (χ3v) is 6.19. The molecule has 0 saturated carbocycles. The Hall–Kier alpha value is -3.72. The van der Waals surface area contributed by atoms with Crippen LogP contribution in [0, 0.1) is 0 Å². The summed E-state index contributed by atoms with van der Waals surface area (Å²) in [7, 11) is 3.13. The van der Waals surface area contributed by atoms with Gasteiger partial charge in [-0.05, 0) is 48.6 Å². The van der Waals surface area contributed by atoms with Gasteiger partial charge in [0.15, 0.2) is 11.5 Å². The third-order valence-electron chi connectivity index (χ3n) is 5.40. The number of carbonyl (C=O) groups is 2. The number of oxazole rings is 1. The zero-order valence-corrected chi connectivity index (χ0v) is 20.3. The van der Waals surface area contributed by atoms with E-state index in [0.29, 0.717) is 41.7 Å². The molecule has 35 heavy (non-hydrogen) atoms. The monoisotopic (exact) mass is 494 g/mol. The average Bonchev–Trinajstić information content (AvgIpc) is 3.46. The molecule has 182 valence electrons. The Morgan fingerprint density at radius 2 is 1.83 bits per heavy atom. The van der Waals surface area contributed by atoms with Gasteiger partial charge in [0.05, 0.1) is 20.3 Å². The number of rotatable bonds is 11. The minimum Gasteiger partial charge on any atom is -0.493 e. The molecule has 1 aliphatic rings. The fourth-order valence-electron chi connectivity index (χ4n) is 3.66. The molecule has 9 heteroatoms. The molecule has 1 aromatic heterocycles. The number of nitrogens with one attached hydrogen (secondary N) is 1. The number of aromatic nitrogens is 1. The van der Waals surface area contributed by atoms with Crippen LogP contribution in [0.3, 0.4) is 0 Å². The van der Waals surface area contributed by atoms with Crippen molar-refractivity contribution in [1.29, 1.82) is 0 Å². The van der Waals surface area contributed by atoms with Crippen molar-refractivity contribution in [3.8, 4) is 17.2 Å². The van der Waals surface area contributed by atoms with E-state index in [4.69, 9.17) is 18.6 Å². The van der Waals surface area contributed by atoms with Gasteiger partial charge < -0.3 is 23.9 Å². The van der Waals surface area contributed by atoms with E-state index in [-0.39, 0.29) is 17.0 Å². The number of aryl methyl sites for hydroxylation is 1. The topological polar surface area (TPSA) is 99.9 Å². The summed E-state index contributed by atoms with van der Waals surface area (Å²) in [6.07, 6.45) is 7.28. The van der Waals surface area contributed by atoms with Gasteiger partial charge >= 0.3 is 0 Å². The molecule has 2 aromatic carbocycles. The lowest BCUT2D eigenvalue weighted by Gasteiger charge is -2.16. The van der Waals surface area contributed by atoms with Gasteiger partial charge in [0.2, 0.25) is 16.8 Å². The van der Waals surface area contributed by atoms with E-state index in [2.05, 4.69) is 10.3 Å². The normalized spacial score (nSPS) is 15.4. The van der Waals surface area contributed by atoms with Crippen molar-refractivity contribution in [2.45, 2.75) is 31.9 Å². The molecule has 0 radical (unpaired) electrons. The molecule has 1 fully saturated rings. The van der Waals surface area contributed by atoms with Crippen molar-refractivity contribution in [3.05, 3.63) is 71.4 Å². The summed E-state index contributed by atoms with van der Waals surface area (Å²) in [5.74, 6) is 2.02. The third kappa shape index (κ3) is 6.45. The van der Waals surface area contributed by atoms with E-state index in [1.165, 1.54) is 0 Å². The highest BCUT2D eigenvalue weighted by atomic mass is 32.2. The lowest BCUT2D eigenvalue weighted by molar-refractivity contribution is -0.112. The van der Waals surface area contributed by atoms with E-state index in [1.807, 2.05) is 48.5 Å². The maximum atomic E-state index is 11.8. The highest BCUT2D eigenvalue weighted by Gasteiger charge is 2.30. The van der Waals surface area contributed by atoms with E-state index >= 15 is 0 Å². The number of ether oxygens (including phenoxy) is 3. The van der Waals surface area contributed by atoms with E-state index in [9.17, 15) is 9.59 Å². The zero-order chi connectivity index (χ0) is 24.6. The van der Waals surface area contributed by atoms with Crippen LogP contribution in [0.1, 0.15) is 35.6 Å². The predicted octanol–water partition coefficient (Wildman–Crippen LogP) is 5.12. The molecule has 0 spiro atoms. The van der Waals surface area contributed by atoms with Crippen LogP contribution in [0.15, 0.2) is 53.1 Å². The Labute approximate surface area is 207 Å². The van der Waals surface area contributed by atoms with Crippen molar-refractivity contribution in [2.75, 3.05) is 14.2 Å². The first-order valence-electron chi connectivity index (χ1n) is 11.1. The van der Waals surface area contributed by atoms with Gasteiger partial charge in [-0.1, -0.05) is 30.3 Å². The summed E-state index contributed by atoms with van der Waals surface area (Å²) in [4.78, 5) is 27.5. The maximum absolute atomic E-state index is 11.8. The number of amides is 1. The van der Waals surface area contributed by atoms with Gasteiger partial charge in [0, 0.05) is 17.8 Å². The van der Waals surface area contributed by atoms with Gasteiger partial charge in [-0.15, -0.1) is 0 Å². The molecule has 1 aliphatic heterocycles. The Bertz CT molecular complexity index is 1180. The minimum absolute atomic E-state index is 0.125. The molecular formula is C26H26N2O6S. The Morgan fingerprint density at radius 1 is 1.09 bits per heavy atom. The highest BCUT2D eigenvalue weighted by molar-refractivity contribution is 8.26. The van der Waals surface area contributed by atoms with Crippen LogP contribution in [0.4, 0.5) is 4.79 Å². The number of hydrogen-bond acceptors (Lipinski definition) is 8. The second-order valence-electron chi connectivity index (χ2n) is 7.84. The fourth-order valence-corrected chi connectivity index (χ4v) is 4.36. The first-order chi connectivity index (χ1) is 17.1. The molecule has 4 rings (SSSR count). The van der Waals surface area contributed by atoms with Crippen LogP contribution in [0.2, 0.25) is 0 Å². The molecule has 8 nitrogen and oxygen atoms in total. The Balaban J connectivity index is 1.37. The molecule has 1 amide bonds. The van der Waals surface area contributed by atoms with Gasteiger partial charge in [-0.3, -0.25) is 9.59 Å². The van der Waals surface area contributed by atoms with Crippen molar-refractivity contribution in [3.63, 3.8) is 0 Å². The summed E-state index contributed by atoms with van der Waals surface area (Å²) in [5, 5.41) is 2.28. The van der Waals surface area contributed by atoms with Crippen LogP contribution in [-0.2, 0) is 17.8 Å². The molecule has 1 unspecified atom stereocenters. The summed E-state index contributed by atoms with van der Waals surface area (Å²) >= 11 is 0.735. The van der Waals surface area contributed by atoms with Gasteiger partial charge in [0.1, 0.15) is 18.6 Å². The molecule has 0 bridgehead atoms. The maximum Gasteiger partial charge on any atom is 0.287 e. The highest BCUT2D eigenvalue weighted by Crippen LogP contribution is 2.39. The minimum atomic E-state index is -0.422. The first kappa shape index (κ1) is 24.4. The average molecular weight is 495 g/mol. The number of thioether (sulfide) groups is 1. The standard InChI is InChI=1S/C26H26N2O6S/c1-31-21-13-18(9-6-10-20-25(29)35-26(30)28-20)14-22(32-2)24(21)34-16-19-15-33-23(27-19)12-11-17-7-4-3-5-8-17/h3-5,7-8,11-15,20H,6,9-10,16H2,1-2H3,(H,28,30). The molecule has 1 N–H and O–H groups in total. The van der Waals surface area contributed by atoms with Crippen LogP contribution < -0.4 is 19.5 Å². The molecule has 2 heterocycles. The largest absolute Gasteiger partial charge is 0.493 e. The van der Waals surface area contributed by atoms with Crippen LogP contribution in [0.25, 0.3) is 12.2 Å². The number of benzene rings is 2. The zero-order valence-electron chi connectivity index (χ0n) is 19.5. The van der Waals surface area contributed by atoms with Crippen LogP contribution in [0.5, 0.6) is 17.2 Å². The number of nitrogens with zero attached hydrogens (tertiary/aromatic N) is 1. The second kappa shape index (κ2) is 11.6. The molecule has 1 atom stereocenters. The van der Waals surface area contributed by atoms with Crippen LogP contribution >= 0.6 is 11.8 Å². The summed E-state index contributed by atoms with van der Waals surface area (Å²) < 4.78 is 22.6. The lowest BCUT2D eigenvalue weighted by Crippen LogP contribution is -2.28. The van der Waals surface area contributed by atoms with Crippen LogP contribution in [-0.4, -0.2) is 35.6 Å². The SMILES string of the molecule is COc1cc(CCCC2NC(=O)SC2=O)cc(OC)c1OCc1coc(C=Cc2ccccc2)n1. The van der Waals surface area contributed by atoms with Crippen molar-refractivity contribution >= 4 is 34.3 Å². The van der Waals surface area contributed by atoms with Crippen molar-refractivity contribution in [2.24, 2.45) is 0 Å². The van der Waals surface area contributed by atoms with Crippen molar-refractivity contribution < 1.29 is 28.2 Å².